The van der Waals surface area contributed by atoms with Gasteiger partial charge in [-0.05, 0) is 33.4 Å². The van der Waals surface area contributed by atoms with Crippen LogP contribution in [0.5, 0.6) is 0 Å². The van der Waals surface area contributed by atoms with Crippen LogP contribution in [0.4, 0.5) is 4.79 Å². The van der Waals surface area contributed by atoms with Crippen molar-refractivity contribution in [3.63, 3.8) is 0 Å². The molecule has 0 saturated carbocycles. The van der Waals surface area contributed by atoms with E-state index in [9.17, 15) is 9.59 Å². The second-order valence-electron chi connectivity index (χ2n) is 5.00. The number of likely N-dealkylation sites (tertiary alicyclic amines) is 1. The molecule has 18 heavy (non-hydrogen) atoms. The van der Waals surface area contributed by atoms with Crippen molar-refractivity contribution in [3.8, 4) is 0 Å². The Bertz CT molecular complexity index is 307. The van der Waals surface area contributed by atoms with Crippen LogP contribution in [-0.2, 0) is 4.79 Å². The van der Waals surface area contributed by atoms with E-state index in [1.54, 1.807) is 11.8 Å². The van der Waals surface area contributed by atoms with E-state index in [0.29, 0.717) is 13.0 Å². The van der Waals surface area contributed by atoms with Crippen LogP contribution in [0.3, 0.4) is 0 Å². The smallest absolute Gasteiger partial charge is 0.326 e. The lowest BCUT2D eigenvalue weighted by molar-refractivity contribution is -0.139. The fraction of sp³-hybridized carbons (Fsp3) is 0.833. The maximum Gasteiger partial charge on any atom is 0.326 e. The van der Waals surface area contributed by atoms with Gasteiger partial charge >= 0.3 is 12.0 Å². The first-order chi connectivity index (χ1) is 8.45. The standard InChI is InChI=1S/C12H23N3O3/c1-4-10(11(16)17)13-12(18)15-7-5-6-9(15)8-14(2)3/h9-10H,4-8H2,1-3H3,(H,13,18)(H,16,17)/t9?,10-/m1/s1. The number of rotatable bonds is 5. The Hall–Kier alpha value is -1.30. The lowest BCUT2D eigenvalue weighted by atomic mass is 10.2. The Morgan fingerprint density at radius 3 is 2.67 bits per heavy atom. The molecule has 0 aromatic carbocycles. The zero-order chi connectivity index (χ0) is 13.7. The number of carbonyl (C=O) groups excluding carboxylic acids is 1. The molecule has 1 unspecified atom stereocenters. The highest BCUT2D eigenvalue weighted by Gasteiger charge is 2.30. The first kappa shape index (κ1) is 14.8. The quantitative estimate of drug-likeness (QED) is 0.756. The summed E-state index contributed by atoms with van der Waals surface area (Å²) in [5.74, 6) is -0.978. The van der Waals surface area contributed by atoms with Crippen molar-refractivity contribution in [1.29, 1.82) is 0 Å². The van der Waals surface area contributed by atoms with E-state index in [-0.39, 0.29) is 12.1 Å². The Kier molecular flexibility index (Phi) is 5.40. The molecule has 2 N–H and O–H groups in total. The largest absolute Gasteiger partial charge is 0.480 e. The number of nitrogens with one attached hydrogen (secondary N) is 1. The Labute approximate surface area is 108 Å². The predicted molar refractivity (Wildman–Crippen MR) is 68.5 cm³/mol. The maximum absolute atomic E-state index is 12.0. The van der Waals surface area contributed by atoms with Crippen molar-refractivity contribution < 1.29 is 14.7 Å². The number of hydrogen-bond donors (Lipinski definition) is 2. The van der Waals surface area contributed by atoms with E-state index in [1.165, 1.54) is 0 Å². The van der Waals surface area contributed by atoms with E-state index in [4.69, 9.17) is 5.11 Å². The first-order valence-electron chi connectivity index (χ1n) is 6.40. The molecule has 1 saturated heterocycles. The number of likely N-dealkylation sites (N-methyl/N-ethyl adjacent to an activating group) is 1. The summed E-state index contributed by atoms with van der Waals surface area (Å²) in [6.45, 7) is 3.28. The van der Waals surface area contributed by atoms with E-state index in [1.807, 2.05) is 19.0 Å². The molecule has 104 valence electrons. The summed E-state index contributed by atoms with van der Waals surface area (Å²) in [5.41, 5.74) is 0. The summed E-state index contributed by atoms with van der Waals surface area (Å²) in [6, 6.07) is -0.863. The summed E-state index contributed by atoms with van der Waals surface area (Å²) in [4.78, 5) is 26.7. The van der Waals surface area contributed by atoms with Gasteiger partial charge in [-0.2, -0.15) is 0 Å². The predicted octanol–water partition coefficient (Wildman–Crippen LogP) is 0.585. The lowest BCUT2D eigenvalue weighted by Gasteiger charge is -2.28. The average molecular weight is 257 g/mol. The highest BCUT2D eigenvalue weighted by molar-refractivity contribution is 5.82. The van der Waals surface area contributed by atoms with E-state index in [0.717, 1.165) is 19.4 Å². The molecule has 2 atom stereocenters. The molecule has 6 heteroatoms. The molecule has 1 fully saturated rings. The van der Waals surface area contributed by atoms with Crippen LogP contribution in [0.1, 0.15) is 26.2 Å². The zero-order valence-electron chi connectivity index (χ0n) is 11.3. The van der Waals surface area contributed by atoms with Gasteiger partial charge in [0.05, 0.1) is 0 Å². The Morgan fingerprint density at radius 1 is 1.50 bits per heavy atom. The van der Waals surface area contributed by atoms with Gasteiger partial charge in [0.1, 0.15) is 6.04 Å². The summed E-state index contributed by atoms with van der Waals surface area (Å²) >= 11 is 0. The van der Waals surface area contributed by atoms with Gasteiger partial charge in [0.15, 0.2) is 0 Å². The summed E-state index contributed by atoms with van der Waals surface area (Å²) in [7, 11) is 3.95. The molecule has 0 bridgehead atoms. The minimum atomic E-state index is -0.978. The Balaban J connectivity index is 2.57. The van der Waals surface area contributed by atoms with Gasteiger partial charge in [0.25, 0.3) is 0 Å². The maximum atomic E-state index is 12.0. The lowest BCUT2D eigenvalue weighted by Crippen LogP contribution is -2.51. The van der Waals surface area contributed by atoms with Crippen LogP contribution in [0.25, 0.3) is 0 Å². The van der Waals surface area contributed by atoms with Gasteiger partial charge in [-0.15, -0.1) is 0 Å². The number of urea groups is 1. The monoisotopic (exact) mass is 257 g/mol. The fourth-order valence-electron chi connectivity index (χ4n) is 2.28. The van der Waals surface area contributed by atoms with Crippen LogP contribution in [0.15, 0.2) is 0 Å². The number of nitrogens with zero attached hydrogens (tertiary/aromatic N) is 2. The average Bonchev–Trinajstić information content (AvgIpc) is 2.72. The van der Waals surface area contributed by atoms with Gasteiger partial charge in [-0.25, -0.2) is 9.59 Å². The number of aliphatic carboxylic acids is 1. The number of carboxylic acid groups (broad SMARTS) is 1. The van der Waals surface area contributed by atoms with E-state index < -0.39 is 12.0 Å². The first-order valence-corrected chi connectivity index (χ1v) is 6.40. The molecule has 1 aliphatic heterocycles. The third kappa shape index (κ3) is 3.87. The van der Waals surface area contributed by atoms with Crippen LogP contribution in [-0.4, -0.2) is 66.2 Å². The van der Waals surface area contributed by atoms with Crippen LogP contribution in [0, 0.1) is 0 Å². The second kappa shape index (κ2) is 6.58. The minimum absolute atomic E-state index is 0.186. The van der Waals surface area contributed by atoms with Crippen molar-refractivity contribution in [3.05, 3.63) is 0 Å². The molecular formula is C12H23N3O3. The Morgan fingerprint density at radius 2 is 2.17 bits per heavy atom. The van der Waals surface area contributed by atoms with Crippen LogP contribution < -0.4 is 5.32 Å². The highest BCUT2D eigenvalue weighted by atomic mass is 16.4. The summed E-state index contributed by atoms with van der Waals surface area (Å²) in [6.07, 6.45) is 2.36. The SMILES string of the molecule is CC[C@@H](NC(=O)N1CCCC1CN(C)C)C(=O)O. The highest BCUT2D eigenvalue weighted by Crippen LogP contribution is 2.17. The molecule has 0 aromatic rings. The van der Waals surface area contributed by atoms with Crippen molar-refractivity contribution in [2.24, 2.45) is 0 Å². The number of carboxylic acids is 1. The van der Waals surface area contributed by atoms with Crippen molar-refractivity contribution in [2.75, 3.05) is 27.2 Å². The molecule has 0 aromatic heterocycles. The summed E-state index contributed by atoms with van der Waals surface area (Å²) in [5, 5.41) is 11.5. The van der Waals surface area contributed by atoms with Gasteiger partial charge in [-0.1, -0.05) is 6.92 Å². The van der Waals surface area contributed by atoms with E-state index >= 15 is 0 Å². The fourth-order valence-corrected chi connectivity index (χ4v) is 2.28. The minimum Gasteiger partial charge on any atom is -0.480 e. The van der Waals surface area contributed by atoms with Gasteiger partial charge in [-0.3, -0.25) is 0 Å². The molecule has 1 aliphatic rings. The van der Waals surface area contributed by atoms with E-state index in [2.05, 4.69) is 5.32 Å². The van der Waals surface area contributed by atoms with Crippen LogP contribution in [0.2, 0.25) is 0 Å². The third-order valence-electron chi connectivity index (χ3n) is 3.22. The molecule has 0 aliphatic carbocycles. The van der Waals surface area contributed by atoms with Crippen molar-refractivity contribution in [2.45, 2.75) is 38.3 Å². The van der Waals surface area contributed by atoms with Gasteiger partial charge in [0, 0.05) is 19.1 Å². The number of amides is 2. The summed E-state index contributed by atoms with van der Waals surface area (Å²) < 4.78 is 0. The normalized spacial score (nSPS) is 21.1. The molecule has 1 heterocycles. The molecule has 2 amide bonds. The molecular weight excluding hydrogens is 234 g/mol. The molecule has 0 radical (unpaired) electrons. The number of hydrogen-bond acceptors (Lipinski definition) is 3. The van der Waals surface area contributed by atoms with Crippen molar-refractivity contribution in [1.82, 2.24) is 15.1 Å². The number of carbonyl (C=O) groups is 2. The van der Waals surface area contributed by atoms with Crippen molar-refractivity contribution >= 4 is 12.0 Å². The second-order valence-corrected chi connectivity index (χ2v) is 5.00. The third-order valence-corrected chi connectivity index (χ3v) is 3.22. The topological polar surface area (TPSA) is 72.9 Å². The van der Waals surface area contributed by atoms with Gasteiger partial charge in [0.2, 0.25) is 0 Å². The van der Waals surface area contributed by atoms with Gasteiger partial charge < -0.3 is 20.2 Å². The zero-order valence-corrected chi connectivity index (χ0v) is 11.3. The van der Waals surface area contributed by atoms with Crippen LogP contribution >= 0.6 is 0 Å². The molecule has 6 nitrogen and oxygen atoms in total. The molecule has 1 rings (SSSR count). The molecule has 0 spiro atoms.